The maximum absolute atomic E-state index is 12.2. The van der Waals surface area contributed by atoms with Gasteiger partial charge in [0.1, 0.15) is 11.5 Å². The monoisotopic (exact) mass is 337 g/mol. The van der Waals surface area contributed by atoms with Gasteiger partial charge in [0.25, 0.3) is 5.91 Å². The molecule has 0 aliphatic carbocycles. The van der Waals surface area contributed by atoms with E-state index >= 15 is 0 Å². The van der Waals surface area contributed by atoms with Gasteiger partial charge in [-0.05, 0) is 67.1 Å². The Kier molecular flexibility index (Phi) is 4.82. The number of carbonyl (C=O) groups is 1. The van der Waals surface area contributed by atoms with Gasteiger partial charge in [-0.1, -0.05) is 29.8 Å². The largest absolute Gasteiger partial charge is 0.457 e. The van der Waals surface area contributed by atoms with E-state index in [9.17, 15) is 4.79 Å². The van der Waals surface area contributed by atoms with Crippen LogP contribution in [0.15, 0.2) is 72.8 Å². The van der Waals surface area contributed by atoms with Crippen molar-refractivity contribution in [3.05, 3.63) is 88.9 Å². The summed E-state index contributed by atoms with van der Waals surface area (Å²) in [6, 6.07) is 21.8. The molecule has 0 radical (unpaired) electrons. The molecule has 0 unspecified atom stereocenters. The van der Waals surface area contributed by atoms with Gasteiger partial charge in [0.05, 0.1) is 0 Å². The quantitative estimate of drug-likeness (QED) is 0.663. The summed E-state index contributed by atoms with van der Waals surface area (Å²) >= 11 is 5.92. The molecule has 4 heteroatoms. The lowest BCUT2D eigenvalue weighted by molar-refractivity contribution is 0.102. The molecule has 0 aromatic heterocycles. The molecule has 0 aliphatic heterocycles. The van der Waals surface area contributed by atoms with E-state index in [-0.39, 0.29) is 5.91 Å². The highest BCUT2D eigenvalue weighted by Gasteiger charge is 2.07. The molecular formula is C20H16ClNO2. The molecule has 3 nitrogen and oxygen atoms in total. The second kappa shape index (κ2) is 7.20. The Morgan fingerprint density at radius 2 is 1.67 bits per heavy atom. The van der Waals surface area contributed by atoms with Crippen LogP contribution in [0.25, 0.3) is 0 Å². The first kappa shape index (κ1) is 16.1. The molecule has 0 aliphatic rings. The number of halogens is 1. The van der Waals surface area contributed by atoms with E-state index in [1.165, 1.54) is 0 Å². The lowest BCUT2D eigenvalue weighted by Gasteiger charge is -2.08. The standard InChI is InChI=1S/C20H16ClNO2/c1-14-4-2-7-19(12-14)24-18-10-8-15(9-11-18)20(23)22-17-6-3-5-16(21)13-17/h2-13H,1H3,(H,22,23). The summed E-state index contributed by atoms with van der Waals surface area (Å²) in [4.78, 5) is 12.2. The average Bonchev–Trinajstić information content (AvgIpc) is 2.55. The Morgan fingerprint density at radius 1 is 0.917 bits per heavy atom. The molecule has 3 aromatic carbocycles. The smallest absolute Gasteiger partial charge is 0.255 e. The third-order valence-corrected chi connectivity index (χ3v) is 3.66. The van der Waals surface area contributed by atoms with E-state index < -0.39 is 0 Å². The van der Waals surface area contributed by atoms with Crippen LogP contribution in [-0.4, -0.2) is 5.91 Å². The van der Waals surface area contributed by atoms with Gasteiger partial charge in [-0.15, -0.1) is 0 Å². The summed E-state index contributed by atoms with van der Waals surface area (Å²) < 4.78 is 5.78. The van der Waals surface area contributed by atoms with E-state index in [0.29, 0.717) is 22.0 Å². The van der Waals surface area contributed by atoms with Crippen molar-refractivity contribution in [2.45, 2.75) is 6.92 Å². The van der Waals surface area contributed by atoms with Gasteiger partial charge in [-0.25, -0.2) is 0 Å². The van der Waals surface area contributed by atoms with Crippen molar-refractivity contribution in [1.82, 2.24) is 0 Å². The molecule has 24 heavy (non-hydrogen) atoms. The number of carbonyl (C=O) groups excluding carboxylic acids is 1. The fourth-order valence-electron chi connectivity index (χ4n) is 2.26. The van der Waals surface area contributed by atoms with Gasteiger partial charge in [0.2, 0.25) is 0 Å². The van der Waals surface area contributed by atoms with Crippen LogP contribution in [0.1, 0.15) is 15.9 Å². The van der Waals surface area contributed by atoms with E-state index in [1.807, 2.05) is 31.2 Å². The second-order valence-corrected chi connectivity index (χ2v) is 5.84. The third kappa shape index (κ3) is 4.15. The van der Waals surface area contributed by atoms with E-state index in [1.54, 1.807) is 48.5 Å². The van der Waals surface area contributed by atoms with Crippen LogP contribution in [0.3, 0.4) is 0 Å². The molecule has 0 bridgehead atoms. The Balaban J connectivity index is 1.68. The lowest BCUT2D eigenvalue weighted by Crippen LogP contribution is -2.11. The van der Waals surface area contributed by atoms with Crippen LogP contribution in [-0.2, 0) is 0 Å². The molecule has 3 rings (SSSR count). The first-order valence-electron chi connectivity index (χ1n) is 7.52. The number of aryl methyl sites for hydroxylation is 1. The molecule has 0 atom stereocenters. The number of ether oxygens (including phenoxy) is 1. The molecule has 0 heterocycles. The number of benzene rings is 3. The van der Waals surface area contributed by atoms with Crippen molar-refractivity contribution in [3.8, 4) is 11.5 Å². The van der Waals surface area contributed by atoms with Gasteiger partial charge >= 0.3 is 0 Å². The molecule has 120 valence electrons. The van der Waals surface area contributed by atoms with Gasteiger partial charge in [-0.2, -0.15) is 0 Å². The Hall–Kier alpha value is -2.78. The van der Waals surface area contributed by atoms with Crippen molar-refractivity contribution >= 4 is 23.2 Å². The molecule has 0 spiro atoms. The summed E-state index contributed by atoms with van der Waals surface area (Å²) in [6.07, 6.45) is 0. The highest BCUT2D eigenvalue weighted by Crippen LogP contribution is 2.23. The van der Waals surface area contributed by atoms with E-state index in [4.69, 9.17) is 16.3 Å². The maximum atomic E-state index is 12.2. The van der Waals surface area contributed by atoms with Gasteiger partial charge in [0.15, 0.2) is 0 Å². The molecule has 0 saturated carbocycles. The van der Waals surface area contributed by atoms with Gasteiger partial charge in [-0.3, -0.25) is 4.79 Å². The lowest BCUT2D eigenvalue weighted by atomic mass is 10.2. The van der Waals surface area contributed by atoms with E-state index in [0.717, 1.165) is 11.3 Å². The molecule has 0 saturated heterocycles. The number of nitrogens with one attached hydrogen (secondary N) is 1. The minimum absolute atomic E-state index is 0.195. The first-order valence-corrected chi connectivity index (χ1v) is 7.89. The fraction of sp³-hybridized carbons (Fsp3) is 0.0500. The van der Waals surface area contributed by atoms with Gasteiger partial charge < -0.3 is 10.1 Å². The first-order chi connectivity index (χ1) is 11.6. The zero-order chi connectivity index (χ0) is 16.9. The minimum Gasteiger partial charge on any atom is -0.457 e. The van der Waals surface area contributed by atoms with Crippen molar-refractivity contribution in [2.75, 3.05) is 5.32 Å². The molecule has 3 aromatic rings. The second-order valence-electron chi connectivity index (χ2n) is 5.41. The molecular weight excluding hydrogens is 322 g/mol. The maximum Gasteiger partial charge on any atom is 0.255 e. The number of hydrogen-bond acceptors (Lipinski definition) is 2. The summed E-state index contributed by atoms with van der Waals surface area (Å²) in [5.41, 5.74) is 2.34. The van der Waals surface area contributed by atoms with Crippen molar-refractivity contribution in [2.24, 2.45) is 0 Å². The normalized spacial score (nSPS) is 10.2. The predicted molar refractivity (Wildman–Crippen MR) is 97.1 cm³/mol. The summed E-state index contributed by atoms with van der Waals surface area (Å²) in [6.45, 7) is 2.01. The van der Waals surface area contributed by atoms with Crippen LogP contribution in [0, 0.1) is 6.92 Å². The van der Waals surface area contributed by atoms with Crippen LogP contribution in [0.2, 0.25) is 5.02 Å². The highest BCUT2D eigenvalue weighted by molar-refractivity contribution is 6.30. The van der Waals surface area contributed by atoms with Crippen molar-refractivity contribution in [3.63, 3.8) is 0 Å². The zero-order valence-corrected chi connectivity index (χ0v) is 13.9. The number of amides is 1. The number of rotatable bonds is 4. The molecule has 1 amide bonds. The Morgan fingerprint density at radius 3 is 2.38 bits per heavy atom. The topological polar surface area (TPSA) is 38.3 Å². The summed E-state index contributed by atoms with van der Waals surface area (Å²) in [5, 5.41) is 3.39. The fourth-order valence-corrected chi connectivity index (χ4v) is 2.45. The third-order valence-electron chi connectivity index (χ3n) is 3.42. The SMILES string of the molecule is Cc1cccc(Oc2ccc(C(=O)Nc3cccc(Cl)c3)cc2)c1. The van der Waals surface area contributed by atoms with E-state index in [2.05, 4.69) is 5.32 Å². The van der Waals surface area contributed by atoms with Crippen LogP contribution in [0.5, 0.6) is 11.5 Å². The van der Waals surface area contributed by atoms with Crippen molar-refractivity contribution < 1.29 is 9.53 Å². The van der Waals surface area contributed by atoms with Crippen LogP contribution < -0.4 is 10.1 Å². The van der Waals surface area contributed by atoms with Crippen LogP contribution >= 0.6 is 11.6 Å². The molecule has 1 N–H and O–H groups in total. The number of anilines is 1. The summed E-state index contributed by atoms with van der Waals surface area (Å²) in [5.74, 6) is 1.26. The average molecular weight is 338 g/mol. The van der Waals surface area contributed by atoms with Crippen molar-refractivity contribution in [1.29, 1.82) is 0 Å². The minimum atomic E-state index is -0.195. The zero-order valence-electron chi connectivity index (χ0n) is 13.1. The highest BCUT2D eigenvalue weighted by atomic mass is 35.5. The summed E-state index contributed by atoms with van der Waals surface area (Å²) in [7, 11) is 0. The number of hydrogen-bond donors (Lipinski definition) is 1. The predicted octanol–water partition coefficient (Wildman–Crippen LogP) is 5.69. The van der Waals surface area contributed by atoms with Crippen LogP contribution in [0.4, 0.5) is 5.69 Å². The van der Waals surface area contributed by atoms with Gasteiger partial charge in [0, 0.05) is 16.3 Å². The molecule has 0 fully saturated rings. The Bertz CT molecular complexity index is 860. The Labute approximate surface area is 145 Å².